The zero-order valence-corrected chi connectivity index (χ0v) is 10.3. The Morgan fingerprint density at radius 3 is 2.65 bits per heavy atom. The molecular formula is C13H18N4. The molecule has 90 valence electrons. The molecule has 2 rings (SSSR count). The van der Waals surface area contributed by atoms with Gasteiger partial charge >= 0.3 is 0 Å². The lowest BCUT2D eigenvalue weighted by atomic mass is 10.1. The SMILES string of the molecule is CCC(CC)Nc1ccc(-n2ccnc2)nc1. The van der Waals surface area contributed by atoms with Gasteiger partial charge < -0.3 is 5.32 Å². The zero-order chi connectivity index (χ0) is 12.1. The number of rotatable bonds is 5. The van der Waals surface area contributed by atoms with Crippen LogP contribution in [0.3, 0.4) is 0 Å². The molecule has 1 N–H and O–H groups in total. The summed E-state index contributed by atoms with van der Waals surface area (Å²) in [6.07, 6.45) is 9.50. The van der Waals surface area contributed by atoms with E-state index in [9.17, 15) is 0 Å². The van der Waals surface area contributed by atoms with Crippen molar-refractivity contribution in [1.82, 2.24) is 14.5 Å². The number of hydrogen-bond donors (Lipinski definition) is 1. The number of aromatic nitrogens is 3. The second-order valence-electron chi connectivity index (χ2n) is 4.03. The van der Waals surface area contributed by atoms with E-state index < -0.39 is 0 Å². The highest BCUT2D eigenvalue weighted by Crippen LogP contribution is 2.12. The predicted molar refractivity (Wildman–Crippen MR) is 69.4 cm³/mol. The number of nitrogens with one attached hydrogen (secondary N) is 1. The van der Waals surface area contributed by atoms with Gasteiger partial charge in [0.25, 0.3) is 0 Å². The van der Waals surface area contributed by atoms with Gasteiger partial charge in [-0.2, -0.15) is 0 Å². The second kappa shape index (κ2) is 5.48. The third-order valence-electron chi connectivity index (χ3n) is 2.87. The minimum absolute atomic E-state index is 0.524. The lowest BCUT2D eigenvalue weighted by molar-refractivity contribution is 0.671. The summed E-state index contributed by atoms with van der Waals surface area (Å²) in [4.78, 5) is 8.41. The van der Waals surface area contributed by atoms with Crippen molar-refractivity contribution in [3.05, 3.63) is 37.1 Å². The maximum Gasteiger partial charge on any atom is 0.137 e. The van der Waals surface area contributed by atoms with Gasteiger partial charge in [0.15, 0.2) is 0 Å². The maximum absolute atomic E-state index is 4.40. The molecule has 0 atom stereocenters. The molecule has 0 radical (unpaired) electrons. The molecule has 0 aliphatic heterocycles. The first kappa shape index (κ1) is 11.6. The van der Waals surface area contributed by atoms with Crippen molar-refractivity contribution in [3.8, 4) is 5.82 Å². The van der Waals surface area contributed by atoms with Crippen LogP contribution in [0.5, 0.6) is 0 Å². The van der Waals surface area contributed by atoms with Crippen molar-refractivity contribution in [2.75, 3.05) is 5.32 Å². The van der Waals surface area contributed by atoms with Crippen molar-refractivity contribution in [3.63, 3.8) is 0 Å². The van der Waals surface area contributed by atoms with E-state index in [1.807, 2.05) is 23.0 Å². The summed E-state index contributed by atoms with van der Waals surface area (Å²) in [5.41, 5.74) is 1.07. The number of nitrogens with zero attached hydrogens (tertiary/aromatic N) is 3. The summed E-state index contributed by atoms with van der Waals surface area (Å²) in [7, 11) is 0. The smallest absolute Gasteiger partial charge is 0.137 e. The lowest BCUT2D eigenvalue weighted by Crippen LogP contribution is -2.17. The Hall–Kier alpha value is -1.84. The molecule has 2 aromatic rings. The average Bonchev–Trinajstić information content (AvgIpc) is 2.90. The first-order valence-electron chi connectivity index (χ1n) is 6.04. The molecule has 0 unspecified atom stereocenters. The van der Waals surface area contributed by atoms with Gasteiger partial charge in [0, 0.05) is 18.4 Å². The first-order chi connectivity index (χ1) is 8.33. The number of imidazole rings is 1. The summed E-state index contributed by atoms with van der Waals surface area (Å²) in [6.45, 7) is 4.38. The van der Waals surface area contributed by atoms with Gasteiger partial charge in [0.05, 0.1) is 11.9 Å². The second-order valence-corrected chi connectivity index (χ2v) is 4.03. The van der Waals surface area contributed by atoms with E-state index >= 15 is 0 Å². The Labute approximate surface area is 102 Å². The topological polar surface area (TPSA) is 42.7 Å². The molecule has 0 aromatic carbocycles. The summed E-state index contributed by atoms with van der Waals surface area (Å²) in [5.74, 6) is 0.887. The van der Waals surface area contributed by atoms with Crippen LogP contribution < -0.4 is 5.32 Å². The van der Waals surface area contributed by atoms with E-state index in [0.717, 1.165) is 24.3 Å². The summed E-state index contributed by atoms with van der Waals surface area (Å²) in [6, 6.07) is 4.57. The fourth-order valence-electron chi connectivity index (χ4n) is 1.75. The minimum Gasteiger partial charge on any atom is -0.381 e. The van der Waals surface area contributed by atoms with Crippen LogP contribution in [0.15, 0.2) is 37.1 Å². The molecule has 0 aliphatic rings. The third-order valence-corrected chi connectivity index (χ3v) is 2.87. The molecule has 4 nitrogen and oxygen atoms in total. The van der Waals surface area contributed by atoms with Crippen LogP contribution >= 0.6 is 0 Å². The van der Waals surface area contributed by atoms with Gasteiger partial charge in [-0.1, -0.05) is 13.8 Å². The number of anilines is 1. The first-order valence-corrected chi connectivity index (χ1v) is 6.04. The predicted octanol–water partition coefficient (Wildman–Crippen LogP) is 2.87. The van der Waals surface area contributed by atoms with Crippen LogP contribution in [0.25, 0.3) is 5.82 Å². The molecule has 0 spiro atoms. The van der Waals surface area contributed by atoms with Gasteiger partial charge in [-0.05, 0) is 25.0 Å². The van der Waals surface area contributed by atoms with Crippen molar-refractivity contribution >= 4 is 5.69 Å². The van der Waals surface area contributed by atoms with Gasteiger partial charge in [-0.25, -0.2) is 9.97 Å². The molecule has 0 fully saturated rings. The molecule has 0 bridgehead atoms. The highest BCUT2D eigenvalue weighted by atomic mass is 15.1. The fraction of sp³-hybridized carbons (Fsp3) is 0.385. The molecule has 4 heteroatoms. The molecule has 0 saturated carbocycles. The van der Waals surface area contributed by atoms with Crippen LogP contribution in [-0.2, 0) is 0 Å². The van der Waals surface area contributed by atoms with E-state index in [0.29, 0.717) is 6.04 Å². The Morgan fingerprint density at radius 2 is 2.12 bits per heavy atom. The Balaban J connectivity index is 2.08. The number of hydrogen-bond acceptors (Lipinski definition) is 3. The van der Waals surface area contributed by atoms with E-state index in [4.69, 9.17) is 0 Å². The van der Waals surface area contributed by atoms with E-state index in [1.54, 1.807) is 12.5 Å². The molecule has 17 heavy (non-hydrogen) atoms. The highest BCUT2D eigenvalue weighted by Gasteiger charge is 2.03. The normalized spacial score (nSPS) is 10.8. The lowest BCUT2D eigenvalue weighted by Gasteiger charge is -2.15. The largest absolute Gasteiger partial charge is 0.381 e. The standard InChI is InChI=1S/C13H18N4/c1-3-11(4-2)16-12-5-6-13(15-9-12)17-8-7-14-10-17/h5-11,16H,3-4H2,1-2H3. The van der Waals surface area contributed by atoms with Crippen LogP contribution in [0.2, 0.25) is 0 Å². The van der Waals surface area contributed by atoms with Gasteiger partial charge in [-0.3, -0.25) is 4.57 Å². The summed E-state index contributed by atoms with van der Waals surface area (Å²) in [5, 5.41) is 3.46. The molecule has 2 heterocycles. The van der Waals surface area contributed by atoms with Crippen LogP contribution in [0, 0.1) is 0 Å². The fourth-order valence-corrected chi connectivity index (χ4v) is 1.75. The zero-order valence-electron chi connectivity index (χ0n) is 10.3. The summed E-state index contributed by atoms with van der Waals surface area (Å²) < 4.78 is 1.89. The quantitative estimate of drug-likeness (QED) is 0.858. The Kier molecular flexibility index (Phi) is 3.75. The van der Waals surface area contributed by atoms with Crippen molar-refractivity contribution in [1.29, 1.82) is 0 Å². The minimum atomic E-state index is 0.524. The van der Waals surface area contributed by atoms with Gasteiger partial charge in [0.1, 0.15) is 12.1 Å². The van der Waals surface area contributed by atoms with Crippen LogP contribution in [0.4, 0.5) is 5.69 Å². The number of pyridine rings is 1. The van der Waals surface area contributed by atoms with Gasteiger partial charge in [-0.15, -0.1) is 0 Å². The van der Waals surface area contributed by atoms with Crippen molar-refractivity contribution in [2.45, 2.75) is 32.7 Å². The average molecular weight is 230 g/mol. The Bertz CT molecular complexity index is 429. The Morgan fingerprint density at radius 1 is 1.29 bits per heavy atom. The van der Waals surface area contributed by atoms with Gasteiger partial charge in [0.2, 0.25) is 0 Å². The van der Waals surface area contributed by atoms with E-state index in [-0.39, 0.29) is 0 Å². The molecular weight excluding hydrogens is 212 g/mol. The molecule has 0 saturated heterocycles. The van der Waals surface area contributed by atoms with E-state index in [2.05, 4.69) is 35.2 Å². The molecule has 0 amide bonds. The highest BCUT2D eigenvalue weighted by molar-refractivity contribution is 5.44. The van der Waals surface area contributed by atoms with Crippen molar-refractivity contribution < 1.29 is 0 Å². The van der Waals surface area contributed by atoms with Crippen molar-refractivity contribution in [2.24, 2.45) is 0 Å². The third kappa shape index (κ3) is 2.84. The monoisotopic (exact) mass is 230 g/mol. The van der Waals surface area contributed by atoms with Crippen LogP contribution in [0.1, 0.15) is 26.7 Å². The maximum atomic E-state index is 4.40. The molecule has 0 aliphatic carbocycles. The summed E-state index contributed by atoms with van der Waals surface area (Å²) >= 11 is 0. The van der Waals surface area contributed by atoms with Crippen LogP contribution in [-0.4, -0.2) is 20.6 Å². The molecule has 2 aromatic heterocycles. The van der Waals surface area contributed by atoms with E-state index in [1.165, 1.54) is 0 Å².